The van der Waals surface area contributed by atoms with Crippen molar-refractivity contribution < 1.29 is 9.18 Å². The van der Waals surface area contributed by atoms with Gasteiger partial charge in [-0.3, -0.25) is 4.79 Å². The highest BCUT2D eigenvalue weighted by atomic mass is 35.5. The van der Waals surface area contributed by atoms with Crippen molar-refractivity contribution in [3.63, 3.8) is 0 Å². The molecular formula is C20H19Cl2FN4O. The normalized spacial score (nSPS) is 15.8. The number of pyridine rings is 1. The zero-order chi connectivity index (χ0) is 20.1. The number of hydrogen-bond acceptors (Lipinski definition) is 3. The average Bonchev–Trinajstić information content (AvgIpc) is 3.34. The van der Waals surface area contributed by atoms with Crippen molar-refractivity contribution >= 4 is 40.3 Å². The zero-order valence-corrected chi connectivity index (χ0v) is 16.5. The molecule has 0 spiro atoms. The molecule has 28 heavy (non-hydrogen) atoms. The number of nitrogens with zero attached hydrogens (tertiary/aromatic N) is 3. The molecule has 1 aliphatic heterocycles. The Morgan fingerprint density at radius 3 is 2.79 bits per heavy atom. The van der Waals surface area contributed by atoms with E-state index in [0.29, 0.717) is 5.02 Å². The van der Waals surface area contributed by atoms with E-state index in [-0.39, 0.29) is 22.8 Å². The lowest BCUT2D eigenvalue weighted by atomic mass is 10.2. The third-order valence-corrected chi connectivity index (χ3v) is 5.06. The maximum Gasteiger partial charge on any atom is 0.246 e. The van der Waals surface area contributed by atoms with Gasteiger partial charge in [0.15, 0.2) is 0 Å². The summed E-state index contributed by atoms with van der Waals surface area (Å²) in [6.07, 6.45) is 6.07. The van der Waals surface area contributed by atoms with Gasteiger partial charge in [-0.25, -0.2) is 8.91 Å². The molecule has 0 radical (unpaired) electrons. The summed E-state index contributed by atoms with van der Waals surface area (Å²) in [5.74, 6) is -0.365. The summed E-state index contributed by atoms with van der Waals surface area (Å²) in [4.78, 5) is 13.3. The summed E-state index contributed by atoms with van der Waals surface area (Å²) in [5.41, 5.74) is 2.09. The van der Waals surface area contributed by atoms with E-state index in [2.05, 4.69) is 17.0 Å². The summed E-state index contributed by atoms with van der Waals surface area (Å²) < 4.78 is 14.0. The maximum atomic E-state index is 12.2. The Bertz CT molecular complexity index is 991. The van der Waals surface area contributed by atoms with E-state index in [4.69, 9.17) is 23.2 Å². The van der Waals surface area contributed by atoms with E-state index in [1.165, 1.54) is 24.3 Å². The number of amides is 1. The lowest BCUT2D eigenvalue weighted by Gasteiger charge is -2.16. The summed E-state index contributed by atoms with van der Waals surface area (Å²) in [6, 6.07) is 10.2. The van der Waals surface area contributed by atoms with Crippen LogP contribution in [0.1, 0.15) is 6.42 Å². The quantitative estimate of drug-likeness (QED) is 0.494. The molecule has 3 heterocycles. The van der Waals surface area contributed by atoms with Gasteiger partial charge in [-0.15, -0.1) is 0 Å². The van der Waals surface area contributed by atoms with Gasteiger partial charge in [0.05, 0.1) is 27.4 Å². The second kappa shape index (κ2) is 9.08. The van der Waals surface area contributed by atoms with Crippen LogP contribution in [0.25, 0.3) is 5.52 Å². The summed E-state index contributed by atoms with van der Waals surface area (Å²) in [6.45, 7) is 5.03. The lowest BCUT2D eigenvalue weighted by Crippen LogP contribution is -2.30. The molecular weight excluding hydrogens is 402 g/mol. The Kier molecular flexibility index (Phi) is 6.54. The average molecular weight is 421 g/mol. The number of halogens is 3. The van der Waals surface area contributed by atoms with E-state index >= 15 is 0 Å². The van der Waals surface area contributed by atoms with Gasteiger partial charge in [-0.1, -0.05) is 29.8 Å². The van der Waals surface area contributed by atoms with E-state index in [1.807, 2.05) is 33.8 Å². The minimum atomic E-state index is -0.371. The third kappa shape index (κ3) is 5.03. The molecule has 0 saturated carbocycles. The van der Waals surface area contributed by atoms with E-state index in [9.17, 15) is 9.18 Å². The topological polar surface area (TPSA) is 49.6 Å². The van der Waals surface area contributed by atoms with Crippen molar-refractivity contribution in [1.82, 2.24) is 14.5 Å². The second-order valence-electron chi connectivity index (χ2n) is 6.30. The Balaban J connectivity index is 0.000000211. The van der Waals surface area contributed by atoms with Gasteiger partial charge in [-0.2, -0.15) is 5.10 Å². The Hall–Kier alpha value is -2.57. The van der Waals surface area contributed by atoms with Crippen LogP contribution >= 0.6 is 23.2 Å². The SMILES string of the molecule is C=CC(=O)N1CCC(Nc2ccc3ccnn3c2)C1.Fc1ccc(Cl)c(Cl)c1. The minimum Gasteiger partial charge on any atom is -0.379 e. The number of nitrogens with one attached hydrogen (secondary N) is 1. The predicted octanol–water partition coefficient (Wildman–Crippen LogP) is 4.67. The van der Waals surface area contributed by atoms with Gasteiger partial charge < -0.3 is 10.2 Å². The second-order valence-corrected chi connectivity index (χ2v) is 7.11. The molecule has 1 saturated heterocycles. The first-order chi connectivity index (χ1) is 13.5. The molecule has 2 aromatic heterocycles. The molecule has 1 amide bonds. The minimum absolute atomic E-state index is 0.00632. The summed E-state index contributed by atoms with van der Waals surface area (Å²) >= 11 is 10.9. The lowest BCUT2D eigenvalue weighted by molar-refractivity contribution is -0.125. The highest BCUT2D eigenvalue weighted by Crippen LogP contribution is 2.21. The highest BCUT2D eigenvalue weighted by molar-refractivity contribution is 6.41. The van der Waals surface area contributed by atoms with Crippen molar-refractivity contribution in [2.45, 2.75) is 12.5 Å². The van der Waals surface area contributed by atoms with Gasteiger partial charge >= 0.3 is 0 Å². The fourth-order valence-corrected chi connectivity index (χ4v) is 3.20. The molecule has 0 bridgehead atoms. The number of carbonyl (C=O) groups excluding carboxylic acids is 1. The van der Waals surface area contributed by atoms with Crippen LogP contribution in [-0.4, -0.2) is 39.6 Å². The molecule has 0 aliphatic carbocycles. The summed E-state index contributed by atoms with van der Waals surface area (Å²) in [7, 11) is 0. The van der Waals surface area contributed by atoms with Crippen LogP contribution in [0.5, 0.6) is 0 Å². The highest BCUT2D eigenvalue weighted by Gasteiger charge is 2.24. The van der Waals surface area contributed by atoms with Crippen LogP contribution in [0.2, 0.25) is 10.0 Å². The van der Waals surface area contributed by atoms with Gasteiger partial charge in [-0.05, 0) is 48.9 Å². The molecule has 3 aromatic rings. The number of rotatable bonds is 3. The van der Waals surface area contributed by atoms with Crippen molar-refractivity contribution in [1.29, 1.82) is 0 Å². The van der Waals surface area contributed by atoms with Gasteiger partial charge in [0.1, 0.15) is 5.82 Å². The molecule has 4 rings (SSSR count). The number of hydrogen-bond donors (Lipinski definition) is 1. The third-order valence-electron chi connectivity index (χ3n) is 4.32. The van der Waals surface area contributed by atoms with E-state index < -0.39 is 0 Å². The zero-order valence-electron chi connectivity index (χ0n) is 15.0. The Morgan fingerprint density at radius 1 is 1.25 bits per heavy atom. The smallest absolute Gasteiger partial charge is 0.246 e. The molecule has 1 aromatic carbocycles. The number of likely N-dealkylation sites (tertiary alicyclic amines) is 1. The summed E-state index contributed by atoms with van der Waals surface area (Å²) in [5, 5.41) is 8.27. The maximum absolute atomic E-state index is 12.2. The molecule has 1 atom stereocenters. The number of fused-ring (bicyclic) bond motifs is 1. The molecule has 8 heteroatoms. The van der Waals surface area contributed by atoms with Crippen LogP contribution in [-0.2, 0) is 4.79 Å². The van der Waals surface area contributed by atoms with E-state index in [0.717, 1.165) is 30.7 Å². The van der Waals surface area contributed by atoms with Crippen LogP contribution < -0.4 is 5.32 Å². The molecule has 5 nitrogen and oxygen atoms in total. The van der Waals surface area contributed by atoms with Crippen molar-refractivity contribution in [3.05, 3.63) is 77.3 Å². The predicted molar refractivity (Wildman–Crippen MR) is 110 cm³/mol. The fraction of sp³-hybridized carbons (Fsp3) is 0.200. The number of carbonyl (C=O) groups is 1. The monoisotopic (exact) mass is 420 g/mol. The molecule has 146 valence electrons. The van der Waals surface area contributed by atoms with Crippen molar-refractivity contribution in [2.24, 2.45) is 0 Å². The largest absolute Gasteiger partial charge is 0.379 e. The van der Waals surface area contributed by atoms with E-state index in [1.54, 1.807) is 6.20 Å². The number of benzene rings is 1. The molecule has 1 N–H and O–H groups in total. The first-order valence-corrected chi connectivity index (χ1v) is 9.43. The van der Waals surface area contributed by atoms with Crippen molar-refractivity contribution in [3.8, 4) is 0 Å². The number of anilines is 1. The van der Waals surface area contributed by atoms with Crippen molar-refractivity contribution in [2.75, 3.05) is 18.4 Å². The standard InChI is InChI=1S/C14H16N4O.C6H3Cl2F/c1-2-14(19)17-8-6-12(9-17)16-11-3-4-13-5-7-15-18(13)10-11;7-5-2-1-4(9)3-6(5)8/h2-5,7,10,12,16H,1,6,8-9H2;1-3H. The van der Waals surface area contributed by atoms with Crippen LogP contribution in [0.3, 0.4) is 0 Å². The first-order valence-electron chi connectivity index (χ1n) is 8.68. The fourth-order valence-electron chi connectivity index (χ4n) is 2.91. The first kappa shape index (κ1) is 20.2. The van der Waals surface area contributed by atoms with Gasteiger partial charge in [0, 0.05) is 25.3 Å². The van der Waals surface area contributed by atoms with Gasteiger partial charge in [0.25, 0.3) is 0 Å². The Morgan fingerprint density at radius 2 is 2.07 bits per heavy atom. The van der Waals surface area contributed by atoms with Gasteiger partial charge in [0.2, 0.25) is 5.91 Å². The van der Waals surface area contributed by atoms with Crippen LogP contribution in [0, 0.1) is 5.82 Å². The number of aromatic nitrogens is 2. The molecule has 1 unspecified atom stereocenters. The Labute approximate surface area is 172 Å². The van der Waals surface area contributed by atoms with Crippen LogP contribution in [0.4, 0.5) is 10.1 Å². The molecule has 1 fully saturated rings. The molecule has 1 aliphatic rings. The van der Waals surface area contributed by atoms with Crippen LogP contribution in [0.15, 0.2) is 61.4 Å².